The maximum atomic E-state index is 12.5. The molecule has 0 saturated heterocycles. The summed E-state index contributed by atoms with van der Waals surface area (Å²) < 4.78 is 9.94. The van der Waals surface area contributed by atoms with Crippen molar-refractivity contribution >= 4 is 52.4 Å². The highest BCUT2D eigenvalue weighted by molar-refractivity contribution is 6.67. The summed E-state index contributed by atoms with van der Waals surface area (Å²) >= 11 is 23.5. The van der Waals surface area contributed by atoms with Crippen LogP contribution in [0.25, 0.3) is 0 Å². The maximum Gasteiger partial charge on any atom is 0.310 e. The summed E-state index contributed by atoms with van der Waals surface area (Å²) in [6.07, 6.45) is 0.328. The molecule has 2 atom stereocenters. The molecule has 7 heteroatoms. The van der Waals surface area contributed by atoms with E-state index in [1.54, 1.807) is 24.3 Å². The van der Waals surface area contributed by atoms with Crippen LogP contribution in [-0.4, -0.2) is 9.76 Å². The minimum atomic E-state index is -1.37. The zero-order valence-corrected chi connectivity index (χ0v) is 18.4. The summed E-state index contributed by atoms with van der Waals surface area (Å²) in [7, 11) is 0. The van der Waals surface area contributed by atoms with Crippen LogP contribution in [0.1, 0.15) is 25.8 Å². The molecular weight excluding hydrogens is 442 g/mol. The third-order valence-electron chi connectivity index (χ3n) is 5.08. The molecule has 150 valence electrons. The Balaban J connectivity index is 1.57. The van der Waals surface area contributed by atoms with Gasteiger partial charge in [-0.15, -0.1) is 0 Å². The van der Waals surface area contributed by atoms with Crippen molar-refractivity contribution in [1.29, 1.82) is 0 Å². The van der Waals surface area contributed by atoms with Gasteiger partial charge in [-0.3, -0.25) is 4.79 Å². The maximum absolute atomic E-state index is 12.5. The Labute approximate surface area is 184 Å². The summed E-state index contributed by atoms with van der Waals surface area (Å²) in [6.45, 7) is 4.13. The molecule has 0 bridgehead atoms. The highest BCUT2D eigenvalue weighted by atomic mass is 35.6. The largest absolute Gasteiger partial charge is 0.461 e. The third kappa shape index (κ3) is 5.48. The molecule has 3 nitrogen and oxygen atoms in total. The molecule has 1 aliphatic carbocycles. The number of esters is 1. The minimum Gasteiger partial charge on any atom is -0.461 e. The molecule has 0 spiro atoms. The lowest BCUT2D eigenvalue weighted by atomic mass is 10.1. The molecule has 2 aromatic rings. The van der Waals surface area contributed by atoms with Gasteiger partial charge in [0.25, 0.3) is 0 Å². The number of ether oxygens (including phenoxy) is 2. The predicted octanol–water partition coefficient (Wildman–Crippen LogP) is 7.21. The van der Waals surface area contributed by atoms with E-state index in [9.17, 15) is 4.79 Å². The van der Waals surface area contributed by atoms with Gasteiger partial charge in [0.1, 0.15) is 18.1 Å². The van der Waals surface area contributed by atoms with E-state index in [2.05, 4.69) is 0 Å². The zero-order valence-electron chi connectivity index (χ0n) is 15.4. The number of halogens is 4. The van der Waals surface area contributed by atoms with Gasteiger partial charge < -0.3 is 9.47 Å². The van der Waals surface area contributed by atoms with Crippen LogP contribution in [0.15, 0.2) is 48.5 Å². The van der Waals surface area contributed by atoms with Gasteiger partial charge in [-0.1, -0.05) is 72.4 Å². The molecule has 1 aliphatic rings. The van der Waals surface area contributed by atoms with E-state index >= 15 is 0 Å². The second-order valence-electron chi connectivity index (χ2n) is 7.54. The van der Waals surface area contributed by atoms with Crippen LogP contribution in [0.5, 0.6) is 11.5 Å². The number of carbonyl (C=O) groups excluding carboxylic acids is 1. The standard InChI is InChI=1S/C21H20Cl4O3/c1-20(2)17(11-21(23,24)25)18(20)19(26)27-12-13-4-3-5-16(10-13)28-15-8-6-14(22)7-9-15/h3-10,17-18H,11-12H2,1-2H3. The molecule has 0 N–H and O–H groups in total. The van der Waals surface area contributed by atoms with Crippen LogP contribution in [-0.2, 0) is 16.1 Å². The van der Waals surface area contributed by atoms with Gasteiger partial charge in [-0.05, 0) is 59.7 Å². The summed E-state index contributed by atoms with van der Waals surface area (Å²) in [4.78, 5) is 12.5. The van der Waals surface area contributed by atoms with Crippen molar-refractivity contribution in [2.24, 2.45) is 17.3 Å². The van der Waals surface area contributed by atoms with Crippen molar-refractivity contribution in [2.45, 2.75) is 30.7 Å². The molecule has 0 heterocycles. The monoisotopic (exact) mass is 460 g/mol. The summed E-state index contributed by atoms with van der Waals surface area (Å²) in [5.74, 6) is 0.779. The molecule has 1 saturated carbocycles. The van der Waals surface area contributed by atoms with E-state index in [-0.39, 0.29) is 29.8 Å². The zero-order chi connectivity index (χ0) is 20.5. The smallest absolute Gasteiger partial charge is 0.310 e. The van der Waals surface area contributed by atoms with Crippen LogP contribution in [0.4, 0.5) is 0 Å². The third-order valence-corrected chi connectivity index (χ3v) is 5.80. The van der Waals surface area contributed by atoms with Gasteiger partial charge in [0.05, 0.1) is 5.92 Å². The fraction of sp³-hybridized carbons (Fsp3) is 0.381. The molecule has 0 amide bonds. The van der Waals surface area contributed by atoms with E-state index < -0.39 is 3.79 Å². The highest BCUT2D eigenvalue weighted by Crippen LogP contribution is 2.63. The van der Waals surface area contributed by atoms with E-state index in [1.807, 2.05) is 38.1 Å². The SMILES string of the molecule is CC1(C)C(CC(Cl)(Cl)Cl)C1C(=O)OCc1cccc(Oc2ccc(Cl)cc2)c1. The fourth-order valence-electron chi connectivity index (χ4n) is 3.42. The van der Waals surface area contributed by atoms with E-state index in [1.165, 1.54) is 0 Å². The molecule has 0 aliphatic heterocycles. The Morgan fingerprint density at radius 2 is 1.75 bits per heavy atom. The van der Waals surface area contributed by atoms with Gasteiger partial charge >= 0.3 is 5.97 Å². The quantitative estimate of drug-likeness (QED) is 0.336. The van der Waals surface area contributed by atoms with Crippen molar-refractivity contribution in [3.63, 3.8) is 0 Å². The molecule has 0 aromatic heterocycles. The first-order valence-electron chi connectivity index (χ1n) is 8.82. The molecule has 1 fully saturated rings. The first kappa shape index (κ1) is 21.6. The Morgan fingerprint density at radius 3 is 2.39 bits per heavy atom. The van der Waals surface area contributed by atoms with Crippen LogP contribution in [0.2, 0.25) is 5.02 Å². The Kier molecular flexibility index (Phi) is 6.41. The predicted molar refractivity (Wildman–Crippen MR) is 113 cm³/mol. The van der Waals surface area contributed by atoms with Crippen molar-refractivity contribution in [2.75, 3.05) is 0 Å². The number of alkyl halides is 3. The fourth-order valence-corrected chi connectivity index (χ4v) is 4.05. The first-order valence-corrected chi connectivity index (χ1v) is 10.3. The number of hydrogen-bond acceptors (Lipinski definition) is 3. The Hall–Kier alpha value is -1.13. The Bertz CT molecular complexity index is 843. The highest BCUT2D eigenvalue weighted by Gasteiger charge is 2.63. The van der Waals surface area contributed by atoms with Crippen LogP contribution < -0.4 is 4.74 Å². The number of carbonyl (C=O) groups is 1. The average Bonchev–Trinajstić information content (AvgIpc) is 3.13. The molecule has 3 rings (SSSR count). The van der Waals surface area contributed by atoms with Gasteiger partial charge in [0.15, 0.2) is 3.79 Å². The summed E-state index contributed by atoms with van der Waals surface area (Å²) in [5.41, 5.74) is 0.594. The van der Waals surface area contributed by atoms with Crippen LogP contribution >= 0.6 is 46.4 Å². The minimum absolute atomic E-state index is 0.00734. The lowest BCUT2D eigenvalue weighted by molar-refractivity contribution is -0.147. The van der Waals surface area contributed by atoms with Crippen molar-refractivity contribution in [3.8, 4) is 11.5 Å². The lowest BCUT2D eigenvalue weighted by Gasteiger charge is -2.10. The number of rotatable bonds is 6. The molecule has 0 radical (unpaired) electrons. The van der Waals surface area contributed by atoms with Gasteiger partial charge in [0.2, 0.25) is 0 Å². The second-order valence-corrected chi connectivity index (χ2v) is 10.5. The van der Waals surface area contributed by atoms with E-state index in [0.29, 0.717) is 22.9 Å². The number of hydrogen-bond donors (Lipinski definition) is 0. The second kappa shape index (κ2) is 8.31. The molecule has 2 aromatic carbocycles. The molecule has 28 heavy (non-hydrogen) atoms. The summed E-state index contributed by atoms with van der Waals surface area (Å²) in [5, 5.41) is 0.643. The van der Waals surface area contributed by atoms with Gasteiger partial charge in [-0.25, -0.2) is 0 Å². The van der Waals surface area contributed by atoms with Gasteiger partial charge in [0, 0.05) is 5.02 Å². The van der Waals surface area contributed by atoms with Crippen molar-refractivity contribution in [3.05, 3.63) is 59.1 Å². The Morgan fingerprint density at radius 1 is 1.07 bits per heavy atom. The lowest BCUT2D eigenvalue weighted by Crippen LogP contribution is -2.11. The molecule has 2 unspecified atom stereocenters. The van der Waals surface area contributed by atoms with Gasteiger partial charge in [-0.2, -0.15) is 0 Å². The van der Waals surface area contributed by atoms with Crippen LogP contribution in [0.3, 0.4) is 0 Å². The topological polar surface area (TPSA) is 35.5 Å². The van der Waals surface area contributed by atoms with Crippen LogP contribution in [0, 0.1) is 17.3 Å². The normalized spacial score (nSPS) is 20.5. The van der Waals surface area contributed by atoms with E-state index in [4.69, 9.17) is 55.9 Å². The van der Waals surface area contributed by atoms with Crippen molar-refractivity contribution in [1.82, 2.24) is 0 Å². The average molecular weight is 462 g/mol. The summed E-state index contributed by atoms with van der Waals surface area (Å²) in [6, 6.07) is 14.5. The van der Waals surface area contributed by atoms with Crippen molar-refractivity contribution < 1.29 is 14.3 Å². The number of benzene rings is 2. The first-order chi connectivity index (χ1) is 13.1. The van der Waals surface area contributed by atoms with E-state index in [0.717, 1.165) is 5.56 Å². The molecular formula is C21H20Cl4O3.